The summed E-state index contributed by atoms with van der Waals surface area (Å²) in [5.41, 5.74) is 8.39. The Balaban J connectivity index is 3.06. The van der Waals surface area contributed by atoms with E-state index in [9.17, 15) is 4.79 Å². The Bertz CT molecular complexity index is 345. The summed E-state index contributed by atoms with van der Waals surface area (Å²) < 4.78 is 4.62. The lowest BCUT2D eigenvalue weighted by atomic mass is 10.0. The van der Waals surface area contributed by atoms with E-state index in [-0.39, 0.29) is 12.0 Å². The Morgan fingerprint density at radius 2 is 2.14 bits per heavy atom. The summed E-state index contributed by atoms with van der Waals surface area (Å²) in [5.74, 6) is -0.315. The number of esters is 1. The smallest absolute Gasteiger partial charge is 0.337 e. The Morgan fingerprint density at radius 3 is 2.57 bits per heavy atom. The van der Waals surface area contributed by atoms with Gasteiger partial charge in [0.15, 0.2) is 0 Å². The minimum atomic E-state index is -0.315. The summed E-state index contributed by atoms with van der Waals surface area (Å²) in [6, 6.07) is 5.38. The van der Waals surface area contributed by atoms with E-state index in [1.54, 1.807) is 12.1 Å². The van der Waals surface area contributed by atoms with Crippen LogP contribution in [-0.2, 0) is 4.74 Å². The van der Waals surface area contributed by atoms with Crippen molar-refractivity contribution in [3.8, 4) is 0 Å². The molecule has 1 aromatic rings. The second kappa shape index (κ2) is 4.24. The third-order valence-electron chi connectivity index (χ3n) is 2.18. The minimum absolute atomic E-state index is 0.0123. The van der Waals surface area contributed by atoms with Crippen molar-refractivity contribution in [1.82, 2.24) is 0 Å². The van der Waals surface area contributed by atoms with Crippen molar-refractivity contribution in [3.63, 3.8) is 0 Å². The molecule has 0 radical (unpaired) electrons. The number of nitrogens with two attached hydrogens (primary N) is 1. The maximum absolute atomic E-state index is 11.2. The molecular weight excluding hydrogens is 178 g/mol. The highest BCUT2D eigenvalue weighted by atomic mass is 16.5. The molecule has 2 N–H and O–H groups in total. The van der Waals surface area contributed by atoms with Crippen LogP contribution in [0.1, 0.15) is 34.5 Å². The molecule has 0 aliphatic heterocycles. The molecule has 3 heteroatoms. The van der Waals surface area contributed by atoms with E-state index in [1.165, 1.54) is 7.11 Å². The molecule has 1 rings (SSSR count). The van der Waals surface area contributed by atoms with Crippen LogP contribution >= 0.6 is 0 Å². The van der Waals surface area contributed by atoms with Crippen LogP contribution < -0.4 is 5.73 Å². The van der Waals surface area contributed by atoms with Crippen LogP contribution in [0.25, 0.3) is 0 Å². The predicted octanol–water partition coefficient (Wildman–Crippen LogP) is 1.80. The highest BCUT2D eigenvalue weighted by Crippen LogP contribution is 2.17. The number of rotatable bonds is 2. The second-order valence-corrected chi connectivity index (χ2v) is 3.35. The molecule has 0 aliphatic rings. The first-order chi connectivity index (χ1) is 6.56. The number of benzene rings is 1. The van der Waals surface area contributed by atoms with Crippen LogP contribution in [0.15, 0.2) is 18.2 Å². The van der Waals surface area contributed by atoms with Gasteiger partial charge in [-0.25, -0.2) is 4.79 Å². The molecule has 0 aliphatic carbocycles. The van der Waals surface area contributed by atoms with E-state index >= 15 is 0 Å². The normalized spacial score (nSPS) is 12.3. The number of hydrogen-bond acceptors (Lipinski definition) is 3. The highest BCUT2D eigenvalue weighted by Gasteiger charge is 2.09. The van der Waals surface area contributed by atoms with Gasteiger partial charge in [-0.15, -0.1) is 0 Å². The molecule has 0 spiro atoms. The van der Waals surface area contributed by atoms with E-state index in [0.29, 0.717) is 5.56 Å². The van der Waals surface area contributed by atoms with Gasteiger partial charge in [0.2, 0.25) is 0 Å². The maximum atomic E-state index is 11.2. The lowest BCUT2D eigenvalue weighted by Gasteiger charge is -2.10. The van der Waals surface area contributed by atoms with Crippen LogP contribution in [0.2, 0.25) is 0 Å². The fraction of sp³-hybridized carbons (Fsp3) is 0.364. The first kappa shape index (κ1) is 10.7. The maximum Gasteiger partial charge on any atom is 0.337 e. The molecule has 0 amide bonds. The van der Waals surface area contributed by atoms with Crippen molar-refractivity contribution < 1.29 is 9.53 Å². The zero-order chi connectivity index (χ0) is 10.7. The van der Waals surface area contributed by atoms with Gasteiger partial charge in [-0.1, -0.05) is 6.07 Å². The summed E-state index contributed by atoms with van der Waals surface area (Å²) in [4.78, 5) is 11.2. The lowest BCUT2D eigenvalue weighted by Crippen LogP contribution is -2.08. The van der Waals surface area contributed by atoms with Gasteiger partial charge in [0.05, 0.1) is 12.7 Å². The van der Waals surface area contributed by atoms with Crippen molar-refractivity contribution in [3.05, 3.63) is 34.9 Å². The van der Waals surface area contributed by atoms with Gasteiger partial charge >= 0.3 is 5.97 Å². The van der Waals surface area contributed by atoms with Crippen LogP contribution in [0, 0.1) is 6.92 Å². The average molecular weight is 193 g/mol. The van der Waals surface area contributed by atoms with E-state index < -0.39 is 0 Å². The molecule has 14 heavy (non-hydrogen) atoms. The first-order valence-electron chi connectivity index (χ1n) is 4.50. The van der Waals surface area contributed by atoms with Gasteiger partial charge in [0, 0.05) is 6.04 Å². The number of carbonyl (C=O) groups is 1. The molecule has 0 fully saturated rings. The molecule has 76 valence electrons. The number of methoxy groups -OCH3 is 1. The molecule has 3 nitrogen and oxygen atoms in total. The minimum Gasteiger partial charge on any atom is -0.465 e. The second-order valence-electron chi connectivity index (χ2n) is 3.35. The van der Waals surface area contributed by atoms with E-state index in [2.05, 4.69) is 4.74 Å². The predicted molar refractivity (Wildman–Crippen MR) is 55.1 cm³/mol. The van der Waals surface area contributed by atoms with Crippen molar-refractivity contribution in [1.29, 1.82) is 0 Å². The van der Waals surface area contributed by atoms with E-state index in [4.69, 9.17) is 5.73 Å². The van der Waals surface area contributed by atoms with Crippen LogP contribution in [0.4, 0.5) is 0 Å². The van der Waals surface area contributed by atoms with Gasteiger partial charge in [0.25, 0.3) is 0 Å². The molecule has 1 aromatic carbocycles. The van der Waals surface area contributed by atoms with Crippen molar-refractivity contribution in [2.45, 2.75) is 19.9 Å². The Kier molecular flexibility index (Phi) is 3.25. The average Bonchev–Trinajstić information content (AvgIpc) is 2.15. The SMILES string of the molecule is COC(=O)c1ccc([C@H](C)N)c(C)c1. The third kappa shape index (κ3) is 2.12. The highest BCUT2D eigenvalue weighted by molar-refractivity contribution is 5.89. The molecule has 0 heterocycles. The molecule has 0 aromatic heterocycles. The Hall–Kier alpha value is -1.35. The summed E-state index contributed by atoms with van der Waals surface area (Å²) in [5, 5.41) is 0. The summed E-state index contributed by atoms with van der Waals surface area (Å²) in [6.07, 6.45) is 0. The largest absolute Gasteiger partial charge is 0.465 e. The van der Waals surface area contributed by atoms with Gasteiger partial charge in [-0.05, 0) is 37.1 Å². The zero-order valence-corrected chi connectivity index (χ0v) is 8.70. The van der Waals surface area contributed by atoms with Crippen LogP contribution in [-0.4, -0.2) is 13.1 Å². The Morgan fingerprint density at radius 1 is 1.50 bits per heavy atom. The van der Waals surface area contributed by atoms with Crippen molar-refractivity contribution in [2.24, 2.45) is 5.73 Å². The topological polar surface area (TPSA) is 52.3 Å². The summed E-state index contributed by atoms with van der Waals surface area (Å²) in [7, 11) is 1.37. The van der Waals surface area contributed by atoms with Gasteiger partial charge in [0.1, 0.15) is 0 Å². The monoisotopic (exact) mass is 193 g/mol. The first-order valence-corrected chi connectivity index (χ1v) is 4.50. The molecule has 1 atom stereocenters. The van der Waals surface area contributed by atoms with Gasteiger partial charge in [-0.2, -0.15) is 0 Å². The molecule has 0 bridgehead atoms. The number of carbonyl (C=O) groups excluding carboxylic acids is 1. The van der Waals surface area contributed by atoms with Crippen molar-refractivity contribution >= 4 is 5.97 Å². The lowest BCUT2D eigenvalue weighted by molar-refractivity contribution is 0.0600. The summed E-state index contributed by atoms with van der Waals surface area (Å²) in [6.45, 7) is 3.85. The number of hydrogen-bond donors (Lipinski definition) is 1. The molecule has 0 saturated heterocycles. The molecule has 0 saturated carbocycles. The quantitative estimate of drug-likeness (QED) is 0.729. The van der Waals surface area contributed by atoms with Crippen LogP contribution in [0.3, 0.4) is 0 Å². The summed E-state index contributed by atoms with van der Waals surface area (Å²) >= 11 is 0. The fourth-order valence-corrected chi connectivity index (χ4v) is 1.43. The standard InChI is InChI=1S/C11H15NO2/c1-7-6-9(11(13)14-3)4-5-10(7)8(2)12/h4-6,8H,12H2,1-3H3/t8-/m0/s1. The zero-order valence-electron chi connectivity index (χ0n) is 8.70. The number of ether oxygens (including phenoxy) is 1. The Labute approximate surface area is 83.9 Å². The van der Waals surface area contributed by atoms with Crippen LogP contribution in [0.5, 0.6) is 0 Å². The van der Waals surface area contributed by atoms with Gasteiger partial charge < -0.3 is 10.5 Å². The third-order valence-corrected chi connectivity index (χ3v) is 2.18. The van der Waals surface area contributed by atoms with E-state index in [0.717, 1.165) is 11.1 Å². The molecular formula is C11H15NO2. The molecule has 0 unspecified atom stereocenters. The van der Waals surface area contributed by atoms with E-state index in [1.807, 2.05) is 19.9 Å². The fourth-order valence-electron chi connectivity index (χ4n) is 1.43. The van der Waals surface area contributed by atoms with Crippen molar-refractivity contribution in [2.75, 3.05) is 7.11 Å². The van der Waals surface area contributed by atoms with Gasteiger partial charge in [-0.3, -0.25) is 0 Å². The number of aryl methyl sites for hydroxylation is 1.